The molecule has 0 bridgehead atoms. The van der Waals surface area contributed by atoms with Gasteiger partial charge in [-0.05, 0) is 42.0 Å². The average molecular weight is 438 g/mol. The molecule has 0 amide bonds. The topological polar surface area (TPSA) is 71.9 Å². The maximum absolute atomic E-state index is 11.5. The Labute approximate surface area is 191 Å². The third kappa shape index (κ3) is 4.71. The predicted octanol–water partition coefficient (Wildman–Crippen LogP) is 5.23. The van der Waals surface area contributed by atoms with Crippen molar-refractivity contribution in [3.05, 3.63) is 107 Å². The highest BCUT2D eigenvalue weighted by Crippen LogP contribution is 2.29. The maximum Gasteiger partial charge on any atom is 0.333 e. The van der Waals surface area contributed by atoms with Crippen molar-refractivity contribution < 1.29 is 19.5 Å². The number of aliphatic carboxylic acids is 1. The first-order valence-electron chi connectivity index (χ1n) is 10.7. The summed E-state index contributed by atoms with van der Waals surface area (Å²) in [4.78, 5) is 22.2. The van der Waals surface area contributed by atoms with Gasteiger partial charge >= 0.3 is 5.97 Å². The van der Waals surface area contributed by atoms with E-state index in [4.69, 9.17) is 9.57 Å². The van der Waals surface area contributed by atoms with E-state index in [1.807, 2.05) is 84.9 Å². The fourth-order valence-electron chi connectivity index (χ4n) is 3.78. The van der Waals surface area contributed by atoms with Crippen LogP contribution >= 0.6 is 0 Å². The van der Waals surface area contributed by atoms with Crippen molar-refractivity contribution in [2.45, 2.75) is 13.2 Å². The number of benzene rings is 3. The first-order chi connectivity index (χ1) is 16.2. The molecule has 6 heteroatoms. The van der Waals surface area contributed by atoms with Crippen LogP contribution in [-0.4, -0.2) is 22.6 Å². The second-order valence-corrected chi connectivity index (χ2v) is 7.77. The van der Waals surface area contributed by atoms with Crippen LogP contribution < -0.4 is 9.80 Å². The van der Waals surface area contributed by atoms with Gasteiger partial charge in [0.1, 0.15) is 19.0 Å². The van der Waals surface area contributed by atoms with Gasteiger partial charge in [0.05, 0.1) is 29.0 Å². The molecule has 33 heavy (non-hydrogen) atoms. The zero-order valence-corrected chi connectivity index (χ0v) is 17.8. The Bertz CT molecular complexity index is 1350. The van der Waals surface area contributed by atoms with Gasteiger partial charge in [0.25, 0.3) is 0 Å². The maximum atomic E-state index is 11.5. The number of carboxylic acid groups (broad SMARTS) is 1. The highest BCUT2D eigenvalue weighted by atomic mass is 16.7. The molecular weight excluding hydrogens is 416 g/mol. The molecule has 1 aromatic heterocycles. The van der Waals surface area contributed by atoms with E-state index in [-0.39, 0.29) is 18.7 Å². The lowest BCUT2D eigenvalue weighted by Gasteiger charge is -2.29. The van der Waals surface area contributed by atoms with Crippen molar-refractivity contribution in [3.63, 3.8) is 0 Å². The molecule has 6 nitrogen and oxygen atoms in total. The number of ether oxygens (including phenoxy) is 1. The van der Waals surface area contributed by atoms with Crippen LogP contribution in [0.5, 0.6) is 5.75 Å². The minimum atomic E-state index is -0.948. The molecule has 0 aliphatic carbocycles. The zero-order valence-electron chi connectivity index (χ0n) is 17.8. The predicted molar refractivity (Wildman–Crippen MR) is 127 cm³/mol. The molecule has 0 fully saturated rings. The number of carbonyl (C=O) groups is 1. The standard InChI is InChI=1S/C27H22N2O4/c30-27(31)22-15-21-8-2-4-11-26(21)29(16-22)33-17-19-6-5-9-24(14-19)32-18-23-13-12-20-7-1-3-10-25(20)28-23/h1-15H,16-18H2,(H,30,31). The number of aromatic nitrogens is 1. The molecule has 4 aromatic rings. The summed E-state index contributed by atoms with van der Waals surface area (Å²) in [5.41, 5.74) is 4.67. The van der Waals surface area contributed by atoms with Crippen LogP contribution in [0.25, 0.3) is 17.0 Å². The fourth-order valence-corrected chi connectivity index (χ4v) is 3.78. The summed E-state index contributed by atoms with van der Waals surface area (Å²) < 4.78 is 5.96. The van der Waals surface area contributed by atoms with E-state index >= 15 is 0 Å². The minimum absolute atomic E-state index is 0.177. The number of hydroxylamine groups is 1. The van der Waals surface area contributed by atoms with E-state index in [0.29, 0.717) is 6.61 Å². The first kappa shape index (κ1) is 20.7. The number of hydrogen-bond acceptors (Lipinski definition) is 5. The zero-order chi connectivity index (χ0) is 22.6. The molecule has 0 saturated heterocycles. The fraction of sp³-hybridized carbons (Fsp3) is 0.111. The van der Waals surface area contributed by atoms with Gasteiger partial charge in [-0.15, -0.1) is 0 Å². The highest BCUT2D eigenvalue weighted by molar-refractivity contribution is 5.96. The molecule has 0 saturated carbocycles. The summed E-state index contributed by atoms with van der Waals surface area (Å²) >= 11 is 0. The lowest BCUT2D eigenvalue weighted by Crippen LogP contribution is -2.31. The van der Waals surface area contributed by atoms with Gasteiger partial charge in [0.2, 0.25) is 0 Å². The number of nitrogens with zero attached hydrogens (tertiary/aromatic N) is 2. The molecule has 5 rings (SSSR count). The average Bonchev–Trinajstić information content (AvgIpc) is 2.86. The van der Waals surface area contributed by atoms with Gasteiger partial charge < -0.3 is 9.84 Å². The highest BCUT2D eigenvalue weighted by Gasteiger charge is 2.22. The quantitative estimate of drug-likeness (QED) is 0.426. The first-order valence-corrected chi connectivity index (χ1v) is 10.7. The second kappa shape index (κ2) is 9.14. The van der Waals surface area contributed by atoms with Crippen molar-refractivity contribution in [2.75, 3.05) is 11.6 Å². The number of pyridine rings is 1. The summed E-state index contributed by atoms with van der Waals surface area (Å²) in [5, 5.41) is 12.2. The van der Waals surface area contributed by atoms with Crippen molar-refractivity contribution >= 4 is 28.6 Å². The Morgan fingerprint density at radius 2 is 1.79 bits per heavy atom. The molecule has 2 heterocycles. The number of fused-ring (bicyclic) bond motifs is 2. The third-order valence-corrected chi connectivity index (χ3v) is 5.45. The molecule has 1 N–H and O–H groups in total. The van der Waals surface area contributed by atoms with E-state index in [1.165, 1.54) is 0 Å². The molecular formula is C27H22N2O4. The lowest BCUT2D eigenvalue weighted by molar-refractivity contribution is -0.132. The number of rotatable bonds is 7. The van der Waals surface area contributed by atoms with Crippen molar-refractivity contribution in [1.29, 1.82) is 0 Å². The smallest absolute Gasteiger partial charge is 0.333 e. The van der Waals surface area contributed by atoms with E-state index in [1.54, 1.807) is 11.1 Å². The lowest BCUT2D eigenvalue weighted by atomic mass is 10.0. The summed E-state index contributed by atoms with van der Waals surface area (Å²) in [6, 6.07) is 27.3. The monoisotopic (exact) mass is 438 g/mol. The molecule has 164 valence electrons. The van der Waals surface area contributed by atoms with Crippen LogP contribution in [0.15, 0.2) is 90.5 Å². The van der Waals surface area contributed by atoms with E-state index in [9.17, 15) is 9.90 Å². The van der Waals surface area contributed by atoms with E-state index in [2.05, 4.69) is 4.98 Å². The van der Waals surface area contributed by atoms with Crippen LogP contribution in [0.4, 0.5) is 5.69 Å². The Kier molecular flexibility index (Phi) is 5.74. The van der Waals surface area contributed by atoms with Gasteiger partial charge in [-0.25, -0.2) is 14.8 Å². The van der Waals surface area contributed by atoms with Gasteiger partial charge in [-0.1, -0.05) is 54.6 Å². The van der Waals surface area contributed by atoms with Crippen LogP contribution in [0.2, 0.25) is 0 Å². The van der Waals surface area contributed by atoms with Gasteiger partial charge in [-0.3, -0.25) is 4.84 Å². The van der Waals surface area contributed by atoms with Gasteiger partial charge in [0.15, 0.2) is 0 Å². The summed E-state index contributed by atoms with van der Waals surface area (Å²) in [7, 11) is 0. The summed E-state index contributed by atoms with van der Waals surface area (Å²) in [6.07, 6.45) is 1.69. The Balaban J connectivity index is 1.25. The van der Waals surface area contributed by atoms with Gasteiger partial charge in [0, 0.05) is 10.9 Å². The molecule has 0 spiro atoms. The Morgan fingerprint density at radius 3 is 2.70 bits per heavy atom. The molecule has 0 radical (unpaired) electrons. The molecule has 0 unspecified atom stereocenters. The van der Waals surface area contributed by atoms with E-state index in [0.717, 1.165) is 39.2 Å². The normalized spacial score (nSPS) is 12.8. The molecule has 0 atom stereocenters. The van der Waals surface area contributed by atoms with Crippen molar-refractivity contribution in [2.24, 2.45) is 0 Å². The SMILES string of the molecule is O=C(O)C1=Cc2ccccc2N(OCc2cccc(OCc3ccc4ccccc4n3)c2)C1. The second-order valence-electron chi connectivity index (χ2n) is 7.77. The van der Waals surface area contributed by atoms with E-state index < -0.39 is 5.97 Å². The number of anilines is 1. The van der Waals surface area contributed by atoms with Gasteiger partial charge in [-0.2, -0.15) is 0 Å². The third-order valence-electron chi connectivity index (χ3n) is 5.45. The minimum Gasteiger partial charge on any atom is -0.487 e. The number of hydrogen-bond donors (Lipinski definition) is 1. The van der Waals surface area contributed by atoms with Crippen LogP contribution in [-0.2, 0) is 22.8 Å². The number of carboxylic acids is 1. The molecule has 1 aliphatic heterocycles. The molecule has 3 aromatic carbocycles. The Morgan fingerprint density at radius 1 is 0.939 bits per heavy atom. The van der Waals surface area contributed by atoms with Crippen LogP contribution in [0, 0.1) is 0 Å². The molecule has 1 aliphatic rings. The summed E-state index contributed by atoms with van der Waals surface area (Å²) in [5.74, 6) is -0.230. The Hall–Kier alpha value is -4.16. The van der Waals surface area contributed by atoms with Crippen molar-refractivity contribution in [1.82, 2.24) is 4.98 Å². The van der Waals surface area contributed by atoms with Crippen LogP contribution in [0.3, 0.4) is 0 Å². The van der Waals surface area contributed by atoms with Crippen LogP contribution in [0.1, 0.15) is 16.8 Å². The largest absolute Gasteiger partial charge is 0.487 e. The van der Waals surface area contributed by atoms with Crippen molar-refractivity contribution in [3.8, 4) is 5.75 Å². The number of para-hydroxylation sites is 2. The summed E-state index contributed by atoms with van der Waals surface area (Å²) in [6.45, 7) is 0.824.